The molecule has 2 aliphatic rings. The van der Waals surface area contributed by atoms with E-state index in [0.29, 0.717) is 22.8 Å². The summed E-state index contributed by atoms with van der Waals surface area (Å²) in [5.74, 6) is 0.832. The van der Waals surface area contributed by atoms with E-state index in [1.807, 2.05) is 9.80 Å². The van der Waals surface area contributed by atoms with Crippen molar-refractivity contribution in [3.05, 3.63) is 28.8 Å². The van der Waals surface area contributed by atoms with E-state index in [4.69, 9.17) is 16.3 Å². The molecule has 1 unspecified atom stereocenters. The van der Waals surface area contributed by atoms with Crippen LogP contribution in [0.3, 0.4) is 0 Å². The standard InChI is InChI=1S/C19H25ClN2O3/c1-25-17-8-7-14(13-16(17)20)19(24)22-11-3-2-5-15(22)9-12-21-10-4-6-18(21)23/h7-8,13,15H,2-6,9-12H2,1H3. The van der Waals surface area contributed by atoms with Crippen molar-refractivity contribution in [2.75, 3.05) is 26.7 Å². The van der Waals surface area contributed by atoms with E-state index in [1.54, 1.807) is 25.3 Å². The van der Waals surface area contributed by atoms with Crippen LogP contribution < -0.4 is 4.74 Å². The Kier molecular flexibility index (Phi) is 5.84. The van der Waals surface area contributed by atoms with Crippen LogP contribution in [0.4, 0.5) is 0 Å². The summed E-state index contributed by atoms with van der Waals surface area (Å²) in [6, 6.07) is 5.37. The van der Waals surface area contributed by atoms with Crippen molar-refractivity contribution in [2.24, 2.45) is 0 Å². The van der Waals surface area contributed by atoms with Gasteiger partial charge in [-0.05, 0) is 50.3 Å². The maximum absolute atomic E-state index is 13.0. The lowest BCUT2D eigenvalue weighted by molar-refractivity contribution is -0.127. The van der Waals surface area contributed by atoms with Gasteiger partial charge in [0, 0.05) is 37.7 Å². The molecular formula is C19H25ClN2O3. The second-order valence-corrected chi connectivity index (χ2v) is 7.18. The summed E-state index contributed by atoms with van der Waals surface area (Å²) < 4.78 is 5.16. The maximum Gasteiger partial charge on any atom is 0.254 e. The van der Waals surface area contributed by atoms with Crippen molar-refractivity contribution in [3.8, 4) is 5.75 Å². The van der Waals surface area contributed by atoms with Gasteiger partial charge in [-0.3, -0.25) is 9.59 Å². The second-order valence-electron chi connectivity index (χ2n) is 6.77. The van der Waals surface area contributed by atoms with E-state index in [0.717, 1.165) is 51.7 Å². The molecule has 2 saturated heterocycles. The third-order valence-electron chi connectivity index (χ3n) is 5.19. The molecule has 2 amide bonds. The molecule has 0 aliphatic carbocycles. The first-order chi connectivity index (χ1) is 12.1. The fraction of sp³-hybridized carbons (Fsp3) is 0.579. The molecule has 136 valence electrons. The number of likely N-dealkylation sites (tertiary alicyclic amines) is 2. The summed E-state index contributed by atoms with van der Waals surface area (Å²) in [5, 5.41) is 0.449. The van der Waals surface area contributed by atoms with Gasteiger partial charge in [0.25, 0.3) is 5.91 Å². The molecule has 6 heteroatoms. The van der Waals surface area contributed by atoms with E-state index in [1.165, 1.54) is 0 Å². The molecule has 0 radical (unpaired) electrons. The quantitative estimate of drug-likeness (QED) is 0.805. The summed E-state index contributed by atoms with van der Waals surface area (Å²) in [7, 11) is 1.56. The minimum atomic E-state index is 0.0157. The Hall–Kier alpha value is -1.75. The number of methoxy groups -OCH3 is 1. The van der Waals surface area contributed by atoms with Gasteiger partial charge in [-0.15, -0.1) is 0 Å². The number of halogens is 1. The molecule has 0 N–H and O–H groups in total. The fourth-order valence-electron chi connectivity index (χ4n) is 3.78. The number of amides is 2. The van der Waals surface area contributed by atoms with Crippen LogP contribution in [0.2, 0.25) is 5.02 Å². The van der Waals surface area contributed by atoms with Gasteiger partial charge in [-0.25, -0.2) is 0 Å². The predicted octanol–water partition coefficient (Wildman–Crippen LogP) is 3.36. The molecule has 1 aromatic carbocycles. The average molecular weight is 365 g/mol. The molecule has 1 atom stereocenters. The van der Waals surface area contributed by atoms with Crippen molar-refractivity contribution in [2.45, 2.75) is 44.6 Å². The van der Waals surface area contributed by atoms with Crippen LogP contribution in [0.5, 0.6) is 5.75 Å². The molecule has 2 aliphatic heterocycles. The van der Waals surface area contributed by atoms with Crippen LogP contribution in [0.15, 0.2) is 18.2 Å². The SMILES string of the molecule is COc1ccc(C(=O)N2CCCCC2CCN2CCCC2=O)cc1Cl. The van der Waals surface area contributed by atoms with Gasteiger partial charge in [0.15, 0.2) is 0 Å². The van der Waals surface area contributed by atoms with Gasteiger partial charge in [0.1, 0.15) is 5.75 Å². The zero-order valence-corrected chi connectivity index (χ0v) is 15.4. The van der Waals surface area contributed by atoms with Gasteiger partial charge in [-0.2, -0.15) is 0 Å². The molecular weight excluding hydrogens is 340 g/mol. The summed E-state index contributed by atoms with van der Waals surface area (Å²) in [6.45, 7) is 2.37. The van der Waals surface area contributed by atoms with Crippen molar-refractivity contribution >= 4 is 23.4 Å². The Balaban J connectivity index is 1.68. The lowest BCUT2D eigenvalue weighted by Crippen LogP contribution is -2.45. The molecule has 1 aromatic rings. The minimum Gasteiger partial charge on any atom is -0.495 e. The normalized spacial score (nSPS) is 20.9. The summed E-state index contributed by atoms with van der Waals surface area (Å²) in [6.07, 6.45) is 5.62. The van der Waals surface area contributed by atoms with Gasteiger partial charge in [-0.1, -0.05) is 11.6 Å². The van der Waals surface area contributed by atoms with Gasteiger partial charge in [0.05, 0.1) is 12.1 Å². The van der Waals surface area contributed by atoms with Crippen molar-refractivity contribution in [1.29, 1.82) is 0 Å². The van der Waals surface area contributed by atoms with E-state index in [2.05, 4.69) is 0 Å². The lowest BCUT2D eigenvalue weighted by atomic mass is 9.98. The van der Waals surface area contributed by atoms with Crippen molar-refractivity contribution < 1.29 is 14.3 Å². The molecule has 5 nitrogen and oxygen atoms in total. The number of carbonyl (C=O) groups excluding carboxylic acids is 2. The monoisotopic (exact) mass is 364 g/mol. The fourth-order valence-corrected chi connectivity index (χ4v) is 4.04. The molecule has 0 aromatic heterocycles. The van der Waals surface area contributed by atoms with E-state index >= 15 is 0 Å². The number of ether oxygens (including phenoxy) is 1. The Bertz CT molecular complexity index is 650. The van der Waals surface area contributed by atoms with Crippen LogP contribution in [-0.4, -0.2) is 54.4 Å². The Morgan fingerprint density at radius 1 is 1.28 bits per heavy atom. The summed E-state index contributed by atoms with van der Waals surface area (Å²) in [4.78, 5) is 28.7. The van der Waals surface area contributed by atoms with Crippen LogP contribution in [0, 0.1) is 0 Å². The van der Waals surface area contributed by atoms with Crippen molar-refractivity contribution in [1.82, 2.24) is 9.80 Å². The van der Waals surface area contributed by atoms with Gasteiger partial charge >= 0.3 is 0 Å². The molecule has 0 bridgehead atoms. The maximum atomic E-state index is 13.0. The topological polar surface area (TPSA) is 49.9 Å². The third kappa shape index (κ3) is 4.09. The van der Waals surface area contributed by atoms with Crippen LogP contribution in [-0.2, 0) is 4.79 Å². The second kappa shape index (κ2) is 8.09. The van der Waals surface area contributed by atoms with E-state index in [9.17, 15) is 9.59 Å². The third-order valence-corrected chi connectivity index (χ3v) is 5.49. The predicted molar refractivity (Wildman–Crippen MR) is 97.1 cm³/mol. The highest BCUT2D eigenvalue weighted by Crippen LogP contribution is 2.28. The molecule has 3 rings (SSSR count). The smallest absolute Gasteiger partial charge is 0.254 e. The highest BCUT2D eigenvalue weighted by atomic mass is 35.5. The Morgan fingerprint density at radius 2 is 2.12 bits per heavy atom. The zero-order chi connectivity index (χ0) is 17.8. The number of hydrogen-bond donors (Lipinski definition) is 0. The van der Waals surface area contributed by atoms with Gasteiger partial charge < -0.3 is 14.5 Å². The first-order valence-electron chi connectivity index (χ1n) is 9.02. The summed E-state index contributed by atoms with van der Waals surface area (Å²) in [5.41, 5.74) is 0.593. The Labute approximate surface area is 153 Å². The van der Waals surface area contributed by atoms with Crippen LogP contribution in [0.25, 0.3) is 0 Å². The number of nitrogens with zero attached hydrogens (tertiary/aromatic N) is 2. The first kappa shape index (κ1) is 18.1. The number of rotatable bonds is 5. The summed E-state index contributed by atoms with van der Waals surface area (Å²) >= 11 is 6.17. The van der Waals surface area contributed by atoms with Crippen molar-refractivity contribution in [3.63, 3.8) is 0 Å². The van der Waals surface area contributed by atoms with E-state index < -0.39 is 0 Å². The highest BCUT2D eigenvalue weighted by Gasteiger charge is 2.29. The minimum absolute atomic E-state index is 0.0157. The van der Waals surface area contributed by atoms with Gasteiger partial charge in [0.2, 0.25) is 5.91 Å². The van der Waals surface area contributed by atoms with Crippen LogP contribution >= 0.6 is 11.6 Å². The largest absolute Gasteiger partial charge is 0.495 e. The number of piperidine rings is 1. The first-order valence-corrected chi connectivity index (χ1v) is 9.40. The molecule has 25 heavy (non-hydrogen) atoms. The molecule has 0 spiro atoms. The number of carbonyl (C=O) groups is 2. The Morgan fingerprint density at radius 3 is 2.80 bits per heavy atom. The molecule has 2 fully saturated rings. The molecule has 2 heterocycles. The number of hydrogen-bond acceptors (Lipinski definition) is 3. The zero-order valence-electron chi connectivity index (χ0n) is 14.7. The van der Waals surface area contributed by atoms with E-state index in [-0.39, 0.29) is 17.9 Å². The lowest BCUT2D eigenvalue weighted by Gasteiger charge is -2.36. The molecule has 0 saturated carbocycles. The average Bonchev–Trinajstić information content (AvgIpc) is 3.04. The highest BCUT2D eigenvalue weighted by molar-refractivity contribution is 6.32. The number of benzene rings is 1. The van der Waals surface area contributed by atoms with Crippen LogP contribution in [0.1, 0.15) is 48.9 Å².